The number of likely N-dealkylation sites (tertiary alicyclic amines) is 1. The summed E-state index contributed by atoms with van der Waals surface area (Å²) in [4.78, 5) is 22.0. The number of nitrogens with zero attached hydrogens (tertiary/aromatic N) is 4. The van der Waals surface area contributed by atoms with Crippen molar-refractivity contribution in [2.75, 3.05) is 26.2 Å². The van der Waals surface area contributed by atoms with Crippen LogP contribution in [0.2, 0.25) is 5.02 Å². The number of hydrogen-bond donors (Lipinski definition) is 0. The third kappa shape index (κ3) is 7.19. The van der Waals surface area contributed by atoms with E-state index < -0.39 is 0 Å². The van der Waals surface area contributed by atoms with Crippen LogP contribution in [-0.4, -0.2) is 57.7 Å². The zero-order valence-corrected chi connectivity index (χ0v) is 24.5. The highest BCUT2D eigenvalue weighted by atomic mass is 35.5. The van der Waals surface area contributed by atoms with Crippen LogP contribution in [0.5, 0.6) is 0 Å². The molecule has 0 bridgehead atoms. The second-order valence-electron chi connectivity index (χ2n) is 11.2. The zero-order valence-electron chi connectivity index (χ0n) is 23.8. The monoisotopic (exact) mass is 570 g/mol. The number of imidazole rings is 1. The normalized spacial score (nSPS) is 15.9. The summed E-state index contributed by atoms with van der Waals surface area (Å²) in [5.74, 6) is 0. The molecule has 214 valence electrons. The van der Waals surface area contributed by atoms with Crippen molar-refractivity contribution >= 4 is 28.7 Å². The molecule has 1 amide bonds. The molecule has 6 nitrogen and oxygen atoms in total. The van der Waals surface area contributed by atoms with Crippen molar-refractivity contribution in [3.05, 3.63) is 114 Å². The predicted molar refractivity (Wildman–Crippen MR) is 166 cm³/mol. The van der Waals surface area contributed by atoms with Crippen molar-refractivity contribution < 1.29 is 9.53 Å². The number of halogens is 1. The number of benzene rings is 3. The Morgan fingerprint density at radius 2 is 1.85 bits per heavy atom. The molecule has 1 saturated heterocycles. The van der Waals surface area contributed by atoms with Crippen LogP contribution in [0.25, 0.3) is 11.0 Å². The second kappa shape index (κ2) is 13.4. The molecule has 0 aliphatic carbocycles. The fourth-order valence-corrected chi connectivity index (χ4v) is 6.05. The minimum Gasteiger partial charge on any atom is -0.445 e. The van der Waals surface area contributed by atoms with Crippen LogP contribution in [0, 0.1) is 0 Å². The maximum atomic E-state index is 13.0. The van der Waals surface area contributed by atoms with Crippen LogP contribution >= 0.6 is 11.6 Å². The average Bonchev–Trinajstić information content (AvgIpc) is 3.41. The van der Waals surface area contributed by atoms with E-state index in [1.165, 1.54) is 5.56 Å². The third-order valence-electron chi connectivity index (χ3n) is 8.31. The van der Waals surface area contributed by atoms with E-state index in [2.05, 4.69) is 58.3 Å². The number of amides is 1. The fraction of sp³-hybridized carbons (Fsp3) is 0.353. The number of rotatable bonds is 11. The summed E-state index contributed by atoms with van der Waals surface area (Å²) in [7, 11) is 0. The first-order valence-electron chi connectivity index (χ1n) is 14.4. The van der Waals surface area contributed by atoms with Gasteiger partial charge < -0.3 is 19.1 Å². The van der Waals surface area contributed by atoms with Gasteiger partial charge in [-0.3, -0.25) is 0 Å². The summed E-state index contributed by atoms with van der Waals surface area (Å²) in [6.07, 6.45) is 6.26. The standard InChI is InChI=1S/C34H39ClN4O2/c1-3-19-39(33(40)41-24-27-10-5-4-6-11-27)30-16-20-37(21-17-30)22-18-34(2,28-12-9-13-29(35)23-28)25-38-26-36-31-14-7-8-15-32(31)38/h3-15,23,26,30H,1,16-22,24-25H2,2H3/t34-/m0/s1. The van der Waals surface area contributed by atoms with E-state index in [1.54, 1.807) is 6.08 Å². The Hall–Kier alpha value is -3.61. The molecule has 1 aliphatic heterocycles. The molecule has 0 radical (unpaired) electrons. The molecule has 0 spiro atoms. The van der Waals surface area contributed by atoms with Gasteiger partial charge in [0, 0.05) is 42.7 Å². The quantitative estimate of drug-likeness (QED) is 0.177. The Morgan fingerprint density at radius 1 is 1.10 bits per heavy atom. The van der Waals surface area contributed by atoms with Crippen LogP contribution < -0.4 is 0 Å². The fourth-order valence-electron chi connectivity index (χ4n) is 5.86. The van der Waals surface area contributed by atoms with Crippen molar-refractivity contribution in [1.82, 2.24) is 19.4 Å². The lowest BCUT2D eigenvalue weighted by Crippen LogP contribution is -2.48. The second-order valence-corrected chi connectivity index (χ2v) is 11.7. The van der Waals surface area contributed by atoms with Crippen molar-refractivity contribution in [2.45, 2.75) is 50.8 Å². The minimum atomic E-state index is -0.270. The van der Waals surface area contributed by atoms with Gasteiger partial charge in [0.1, 0.15) is 6.61 Å². The summed E-state index contributed by atoms with van der Waals surface area (Å²) in [6.45, 7) is 10.6. The van der Waals surface area contributed by atoms with Crippen LogP contribution in [0.3, 0.4) is 0 Å². The summed E-state index contributed by atoms with van der Waals surface area (Å²) in [6, 6.07) is 26.5. The zero-order chi connectivity index (χ0) is 28.7. The lowest BCUT2D eigenvalue weighted by atomic mass is 9.79. The molecule has 3 aromatic carbocycles. The number of hydrogen-bond acceptors (Lipinski definition) is 4. The number of fused-ring (bicyclic) bond motifs is 1. The van der Waals surface area contributed by atoms with Gasteiger partial charge in [-0.15, -0.1) is 6.58 Å². The summed E-state index contributed by atoms with van der Waals surface area (Å²) in [5, 5.41) is 0.756. The summed E-state index contributed by atoms with van der Waals surface area (Å²) >= 11 is 6.45. The molecule has 1 aliphatic rings. The first kappa shape index (κ1) is 28.9. The van der Waals surface area contributed by atoms with E-state index in [0.717, 1.165) is 67.1 Å². The van der Waals surface area contributed by atoms with Gasteiger partial charge in [-0.05, 0) is 61.2 Å². The van der Waals surface area contributed by atoms with Gasteiger partial charge in [0.15, 0.2) is 0 Å². The Balaban J connectivity index is 1.22. The van der Waals surface area contributed by atoms with E-state index in [0.29, 0.717) is 6.54 Å². The summed E-state index contributed by atoms with van der Waals surface area (Å²) in [5.41, 5.74) is 4.23. The van der Waals surface area contributed by atoms with Gasteiger partial charge in [-0.2, -0.15) is 0 Å². The molecular formula is C34H39ClN4O2. The molecule has 2 heterocycles. The number of aromatic nitrogens is 2. The molecule has 4 aromatic rings. The molecule has 0 unspecified atom stereocenters. The largest absolute Gasteiger partial charge is 0.445 e. The Bertz CT molecular complexity index is 1450. The van der Waals surface area contributed by atoms with Gasteiger partial charge in [-0.1, -0.05) is 79.2 Å². The minimum absolute atomic E-state index is 0.138. The molecule has 5 rings (SSSR count). The Kier molecular flexibility index (Phi) is 9.42. The Morgan fingerprint density at radius 3 is 2.61 bits per heavy atom. The van der Waals surface area contributed by atoms with Crippen molar-refractivity contribution in [3.8, 4) is 0 Å². The number of carbonyl (C=O) groups is 1. The molecule has 0 saturated carbocycles. The maximum absolute atomic E-state index is 13.0. The predicted octanol–water partition coefficient (Wildman–Crippen LogP) is 7.33. The molecule has 0 N–H and O–H groups in total. The smallest absolute Gasteiger partial charge is 0.410 e. The number of carbonyl (C=O) groups excluding carboxylic acids is 1. The molecule has 1 aromatic heterocycles. The molecular weight excluding hydrogens is 532 g/mol. The van der Waals surface area contributed by atoms with Crippen LogP contribution in [0.15, 0.2) is 97.8 Å². The first-order valence-corrected chi connectivity index (χ1v) is 14.8. The maximum Gasteiger partial charge on any atom is 0.410 e. The highest BCUT2D eigenvalue weighted by molar-refractivity contribution is 6.30. The van der Waals surface area contributed by atoms with Crippen molar-refractivity contribution in [1.29, 1.82) is 0 Å². The van der Waals surface area contributed by atoms with E-state index in [-0.39, 0.29) is 24.2 Å². The SMILES string of the molecule is C=CCN(C(=O)OCc1ccccc1)C1CCN(CC[C@@](C)(Cn2cnc3ccccc32)c2cccc(Cl)c2)CC1. The molecule has 7 heteroatoms. The van der Waals surface area contributed by atoms with Gasteiger partial charge >= 0.3 is 6.09 Å². The Labute approximate surface area is 248 Å². The topological polar surface area (TPSA) is 50.6 Å². The average molecular weight is 571 g/mol. The number of para-hydroxylation sites is 2. The molecule has 1 atom stereocenters. The highest BCUT2D eigenvalue weighted by Gasteiger charge is 2.32. The van der Waals surface area contributed by atoms with Crippen LogP contribution in [-0.2, 0) is 23.3 Å². The lowest BCUT2D eigenvalue weighted by molar-refractivity contribution is 0.0647. The van der Waals surface area contributed by atoms with Crippen molar-refractivity contribution in [3.63, 3.8) is 0 Å². The van der Waals surface area contributed by atoms with E-state index in [1.807, 2.05) is 59.8 Å². The number of piperidine rings is 1. The lowest BCUT2D eigenvalue weighted by Gasteiger charge is -2.39. The van der Waals surface area contributed by atoms with Crippen LogP contribution in [0.1, 0.15) is 37.3 Å². The molecule has 1 fully saturated rings. The number of ether oxygens (including phenoxy) is 1. The van der Waals surface area contributed by atoms with E-state index in [9.17, 15) is 4.79 Å². The van der Waals surface area contributed by atoms with E-state index >= 15 is 0 Å². The van der Waals surface area contributed by atoms with Gasteiger partial charge in [-0.25, -0.2) is 9.78 Å². The van der Waals surface area contributed by atoms with Gasteiger partial charge in [0.2, 0.25) is 0 Å². The van der Waals surface area contributed by atoms with E-state index in [4.69, 9.17) is 16.3 Å². The third-order valence-corrected chi connectivity index (χ3v) is 8.55. The van der Waals surface area contributed by atoms with Crippen molar-refractivity contribution in [2.24, 2.45) is 0 Å². The van der Waals surface area contributed by atoms with Crippen LogP contribution in [0.4, 0.5) is 4.79 Å². The van der Waals surface area contributed by atoms with Gasteiger partial charge in [0.05, 0.1) is 17.4 Å². The highest BCUT2D eigenvalue weighted by Crippen LogP contribution is 2.33. The van der Waals surface area contributed by atoms with Gasteiger partial charge in [0.25, 0.3) is 0 Å². The summed E-state index contributed by atoms with van der Waals surface area (Å²) < 4.78 is 7.92. The molecule has 41 heavy (non-hydrogen) atoms. The first-order chi connectivity index (χ1) is 19.9.